The second kappa shape index (κ2) is 10.6. The van der Waals surface area contributed by atoms with Gasteiger partial charge < -0.3 is 16.4 Å². The van der Waals surface area contributed by atoms with Crippen molar-refractivity contribution in [1.29, 1.82) is 0 Å². The number of hydrogen-bond donors (Lipinski definition) is 3. The van der Waals surface area contributed by atoms with Crippen LogP contribution in [0, 0.1) is 0 Å². The summed E-state index contributed by atoms with van der Waals surface area (Å²) in [6, 6.07) is 14.2. The van der Waals surface area contributed by atoms with Crippen LogP contribution in [-0.4, -0.2) is 40.8 Å². The van der Waals surface area contributed by atoms with Crippen molar-refractivity contribution in [2.45, 2.75) is 43.4 Å². The summed E-state index contributed by atoms with van der Waals surface area (Å²) in [6.07, 6.45) is 12.1. The number of hydrogen-bond acceptors (Lipinski definition) is 8. The Morgan fingerprint density at radius 1 is 0.821 bits per heavy atom. The van der Waals surface area contributed by atoms with E-state index in [9.17, 15) is 8.42 Å². The summed E-state index contributed by atoms with van der Waals surface area (Å²) in [5.41, 5.74) is 11.1. The van der Waals surface area contributed by atoms with Crippen molar-refractivity contribution in [2.75, 3.05) is 29.5 Å². The molecule has 1 aliphatic heterocycles. The number of nitrogens with two attached hydrogens (primary N) is 1. The lowest BCUT2D eigenvalue weighted by Gasteiger charge is -2.17. The van der Waals surface area contributed by atoms with Crippen LogP contribution in [0.3, 0.4) is 0 Å². The highest BCUT2D eigenvalue weighted by Crippen LogP contribution is 2.34. The number of nitrogens with zero attached hydrogens (tertiary/aromatic N) is 4. The van der Waals surface area contributed by atoms with Gasteiger partial charge in [-0.05, 0) is 92.6 Å². The summed E-state index contributed by atoms with van der Waals surface area (Å²) in [6.45, 7) is 1.15. The Morgan fingerprint density at radius 3 is 2.26 bits per heavy atom. The molecule has 0 unspecified atom stereocenters. The Balaban J connectivity index is 1.38. The summed E-state index contributed by atoms with van der Waals surface area (Å²) in [7, 11) is -3.48. The average molecular weight is 542 g/mol. The Hall–Kier alpha value is -4.02. The normalized spacial score (nSPS) is 16.3. The summed E-state index contributed by atoms with van der Waals surface area (Å²) in [5, 5.41) is 7.47. The molecule has 4 N–H and O–H groups in total. The average Bonchev–Trinajstić information content (AvgIpc) is 3.51. The summed E-state index contributed by atoms with van der Waals surface area (Å²) < 4.78 is 27.5. The van der Waals surface area contributed by atoms with E-state index in [-0.39, 0.29) is 0 Å². The van der Waals surface area contributed by atoms with Crippen LogP contribution in [0.25, 0.3) is 16.5 Å². The maximum absolute atomic E-state index is 13.0. The van der Waals surface area contributed by atoms with Crippen molar-refractivity contribution in [3.05, 3.63) is 72.6 Å². The fraction of sp³-hybridized carbons (Fsp3) is 0.276. The van der Waals surface area contributed by atoms with Crippen molar-refractivity contribution >= 4 is 55.3 Å². The number of anilines is 5. The molecule has 2 aromatic carbocycles. The van der Waals surface area contributed by atoms with Gasteiger partial charge in [0.15, 0.2) is 0 Å². The molecular weight excluding hydrogens is 510 g/mol. The number of pyridine rings is 1. The zero-order chi connectivity index (χ0) is 26.8. The molecule has 1 aliphatic carbocycles. The first-order chi connectivity index (χ1) is 19.0. The zero-order valence-electron chi connectivity index (χ0n) is 21.6. The van der Waals surface area contributed by atoms with Gasteiger partial charge in [-0.3, -0.25) is 4.98 Å². The number of sulfonamides is 1. The maximum atomic E-state index is 13.0. The molecule has 2 aliphatic rings. The zero-order valence-corrected chi connectivity index (χ0v) is 22.4. The number of fused-ring (bicyclic) bond motifs is 1. The minimum absolute atomic E-state index is 0.293. The Kier molecular flexibility index (Phi) is 6.88. The van der Waals surface area contributed by atoms with E-state index < -0.39 is 10.0 Å². The second-order valence-electron chi connectivity index (χ2n) is 9.96. The lowest BCUT2D eigenvalue weighted by molar-refractivity contribution is 0.477. The number of allylic oxidation sites excluding steroid dienone is 2. The molecule has 0 amide bonds. The van der Waals surface area contributed by atoms with E-state index in [1.165, 1.54) is 12.0 Å². The molecule has 3 heterocycles. The lowest BCUT2D eigenvalue weighted by Crippen LogP contribution is -2.27. The largest absolute Gasteiger partial charge is 0.399 e. The van der Waals surface area contributed by atoms with E-state index in [2.05, 4.69) is 21.7 Å². The van der Waals surface area contributed by atoms with Crippen LogP contribution >= 0.6 is 0 Å². The predicted molar refractivity (Wildman–Crippen MR) is 156 cm³/mol. The van der Waals surface area contributed by atoms with Gasteiger partial charge in [0, 0.05) is 48.1 Å². The highest BCUT2D eigenvalue weighted by atomic mass is 32.2. The summed E-state index contributed by atoms with van der Waals surface area (Å²) in [5.74, 6) is 1.02. The Bertz CT molecular complexity index is 1630. The molecule has 39 heavy (non-hydrogen) atoms. The number of rotatable bonds is 7. The predicted octanol–water partition coefficient (Wildman–Crippen LogP) is 5.84. The van der Waals surface area contributed by atoms with E-state index in [0.29, 0.717) is 35.4 Å². The third-order valence-electron chi connectivity index (χ3n) is 7.23. The number of benzene rings is 2. The molecule has 10 heteroatoms. The SMILES string of the molecule is Nc1ccc(Nc2nc(Nc3ccc(S(=O)(=O)N4CCCC4)cc3)c3cncc(C4=CCCCC4)c3n2)cc1. The van der Waals surface area contributed by atoms with Gasteiger partial charge in [0.1, 0.15) is 5.82 Å². The van der Waals surface area contributed by atoms with E-state index in [4.69, 9.17) is 15.7 Å². The van der Waals surface area contributed by atoms with Gasteiger partial charge in [0.25, 0.3) is 0 Å². The van der Waals surface area contributed by atoms with Gasteiger partial charge in [-0.2, -0.15) is 9.29 Å². The summed E-state index contributed by atoms with van der Waals surface area (Å²) >= 11 is 0. The van der Waals surface area contributed by atoms with E-state index >= 15 is 0 Å². The maximum Gasteiger partial charge on any atom is 0.243 e. The minimum atomic E-state index is -3.48. The van der Waals surface area contributed by atoms with Crippen LogP contribution < -0.4 is 16.4 Å². The molecule has 0 radical (unpaired) electrons. The summed E-state index contributed by atoms with van der Waals surface area (Å²) in [4.78, 5) is 14.5. The van der Waals surface area contributed by atoms with Crippen LogP contribution in [0.1, 0.15) is 44.1 Å². The van der Waals surface area contributed by atoms with Crippen LogP contribution in [0.15, 0.2) is 71.9 Å². The van der Waals surface area contributed by atoms with Gasteiger partial charge in [0.2, 0.25) is 16.0 Å². The molecule has 0 saturated carbocycles. The van der Waals surface area contributed by atoms with Crippen LogP contribution in [0.2, 0.25) is 0 Å². The van der Waals surface area contributed by atoms with E-state index in [0.717, 1.165) is 59.9 Å². The van der Waals surface area contributed by atoms with Gasteiger partial charge in [-0.15, -0.1) is 0 Å². The Morgan fingerprint density at radius 2 is 1.54 bits per heavy atom. The third kappa shape index (κ3) is 5.30. The fourth-order valence-electron chi connectivity index (χ4n) is 5.13. The molecule has 0 bridgehead atoms. The van der Waals surface area contributed by atoms with Crippen molar-refractivity contribution in [3.63, 3.8) is 0 Å². The molecule has 0 spiro atoms. The molecule has 4 aromatic rings. The first kappa shape index (κ1) is 25.3. The number of nitrogen functional groups attached to an aromatic ring is 1. The molecule has 6 rings (SSSR count). The van der Waals surface area contributed by atoms with Crippen molar-refractivity contribution in [2.24, 2.45) is 0 Å². The minimum Gasteiger partial charge on any atom is -0.399 e. The third-order valence-corrected chi connectivity index (χ3v) is 9.14. The van der Waals surface area contributed by atoms with Crippen LogP contribution in [-0.2, 0) is 10.0 Å². The van der Waals surface area contributed by atoms with Crippen LogP contribution in [0.4, 0.5) is 28.8 Å². The van der Waals surface area contributed by atoms with Crippen LogP contribution in [0.5, 0.6) is 0 Å². The molecule has 200 valence electrons. The Labute approximate surface area is 228 Å². The molecular formula is C29H31N7O2S. The van der Waals surface area contributed by atoms with Gasteiger partial charge in [0.05, 0.1) is 15.8 Å². The molecule has 2 aromatic heterocycles. The number of aromatic nitrogens is 3. The molecule has 1 saturated heterocycles. The highest BCUT2D eigenvalue weighted by molar-refractivity contribution is 7.89. The first-order valence-corrected chi connectivity index (χ1v) is 14.8. The smallest absolute Gasteiger partial charge is 0.243 e. The number of nitrogens with one attached hydrogen (secondary N) is 2. The molecule has 0 atom stereocenters. The fourth-order valence-corrected chi connectivity index (χ4v) is 6.65. The lowest BCUT2D eigenvalue weighted by atomic mass is 9.93. The van der Waals surface area contributed by atoms with Crippen molar-refractivity contribution < 1.29 is 8.42 Å². The van der Waals surface area contributed by atoms with Gasteiger partial charge in [-0.1, -0.05) is 6.08 Å². The van der Waals surface area contributed by atoms with Crippen molar-refractivity contribution in [3.8, 4) is 0 Å². The second-order valence-corrected chi connectivity index (χ2v) is 11.9. The van der Waals surface area contributed by atoms with E-state index in [1.807, 2.05) is 30.5 Å². The standard InChI is InChI=1S/C29H31N7O2S/c30-21-8-10-23(11-9-21)33-29-34-27-25(20-6-2-1-3-7-20)18-31-19-26(27)28(35-29)32-22-12-14-24(15-13-22)39(37,38)36-16-4-5-17-36/h6,8-15,18-19H,1-5,7,16-17,30H2,(H2,32,33,34,35). The molecule has 1 fully saturated rings. The van der Waals surface area contributed by atoms with Crippen molar-refractivity contribution in [1.82, 2.24) is 19.3 Å². The highest BCUT2D eigenvalue weighted by Gasteiger charge is 2.27. The topological polar surface area (TPSA) is 126 Å². The first-order valence-electron chi connectivity index (χ1n) is 13.3. The molecule has 9 nitrogen and oxygen atoms in total. The van der Waals surface area contributed by atoms with Gasteiger partial charge in [-0.25, -0.2) is 13.4 Å². The monoisotopic (exact) mass is 541 g/mol. The van der Waals surface area contributed by atoms with E-state index in [1.54, 1.807) is 34.8 Å². The van der Waals surface area contributed by atoms with Gasteiger partial charge >= 0.3 is 0 Å². The quantitative estimate of drug-likeness (QED) is 0.249.